The minimum absolute atomic E-state index is 0.0934. The minimum atomic E-state index is -0.199. The number of nitrogens with one attached hydrogen (secondary N) is 1. The van der Waals surface area contributed by atoms with Gasteiger partial charge in [0.25, 0.3) is 0 Å². The summed E-state index contributed by atoms with van der Waals surface area (Å²) in [7, 11) is 0. The molecule has 1 unspecified atom stereocenters. The normalized spacial score (nSPS) is 14.2. The fourth-order valence-electron chi connectivity index (χ4n) is 1.98. The summed E-state index contributed by atoms with van der Waals surface area (Å²) in [6, 6.07) is 10.9. The maximum atomic E-state index is 13.2. The van der Waals surface area contributed by atoms with Crippen LogP contribution in [0.15, 0.2) is 48.8 Å². The zero-order valence-corrected chi connectivity index (χ0v) is 10.6. The van der Waals surface area contributed by atoms with Crippen LogP contribution in [0.1, 0.15) is 37.1 Å². The molecule has 94 valence electrons. The first-order valence-corrected chi connectivity index (χ1v) is 6.08. The lowest BCUT2D eigenvalue weighted by molar-refractivity contribution is 0.491. The molecule has 0 bridgehead atoms. The number of nitrogens with zero attached hydrogens (tertiary/aromatic N) is 1. The van der Waals surface area contributed by atoms with Gasteiger partial charge in [-0.3, -0.25) is 4.98 Å². The van der Waals surface area contributed by atoms with Gasteiger partial charge < -0.3 is 5.32 Å². The third kappa shape index (κ3) is 3.14. The topological polar surface area (TPSA) is 24.9 Å². The highest BCUT2D eigenvalue weighted by Gasteiger charge is 2.11. The first-order chi connectivity index (χ1) is 8.66. The molecule has 3 heteroatoms. The molecule has 1 heterocycles. The van der Waals surface area contributed by atoms with Gasteiger partial charge in [0.15, 0.2) is 0 Å². The van der Waals surface area contributed by atoms with Gasteiger partial charge in [0.2, 0.25) is 0 Å². The molecule has 0 spiro atoms. The Hall–Kier alpha value is -1.74. The molecule has 2 rings (SSSR count). The van der Waals surface area contributed by atoms with E-state index in [2.05, 4.69) is 17.2 Å². The summed E-state index contributed by atoms with van der Waals surface area (Å²) in [5, 5.41) is 3.43. The average Bonchev–Trinajstić information content (AvgIpc) is 2.39. The van der Waals surface area contributed by atoms with Crippen LogP contribution >= 0.6 is 0 Å². The van der Waals surface area contributed by atoms with Crippen molar-refractivity contribution in [3.8, 4) is 0 Å². The number of aromatic nitrogens is 1. The van der Waals surface area contributed by atoms with E-state index in [1.165, 1.54) is 6.07 Å². The SMILES string of the molecule is CC(N[C@@H](C)c1cccnc1)c1cccc(F)c1. The van der Waals surface area contributed by atoms with Crippen molar-refractivity contribution in [3.05, 3.63) is 65.7 Å². The van der Waals surface area contributed by atoms with Crippen LogP contribution in [0.2, 0.25) is 0 Å². The van der Waals surface area contributed by atoms with Crippen molar-refractivity contribution < 1.29 is 4.39 Å². The first kappa shape index (κ1) is 12.7. The van der Waals surface area contributed by atoms with Crippen LogP contribution < -0.4 is 5.32 Å². The van der Waals surface area contributed by atoms with Crippen LogP contribution in [-0.2, 0) is 0 Å². The third-order valence-electron chi connectivity index (χ3n) is 3.03. The molecule has 18 heavy (non-hydrogen) atoms. The molecule has 2 nitrogen and oxygen atoms in total. The van der Waals surface area contributed by atoms with Crippen LogP contribution in [-0.4, -0.2) is 4.98 Å². The zero-order chi connectivity index (χ0) is 13.0. The lowest BCUT2D eigenvalue weighted by Gasteiger charge is -2.20. The van der Waals surface area contributed by atoms with E-state index in [1.54, 1.807) is 18.3 Å². The Morgan fingerprint density at radius 1 is 1.06 bits per heavy atom. The molecule has 1 aromatic heterocycles. The van der Waals surface area contributed by atoms with E-state index in [9.17, 15) is 4.39 Å². The number of halogens is 1. The Balaban J connectivity index is 2.05. The summed E-state index contributed by atoms with van der Waals surface area (Å²) in [6.45, 7) is 4.11. The summed E-state index contributed by atoms with van der Waals surface area (Å²) in [6.07, 6.45) is 3.60. The molecule has 0 aliphatic carbocycles. The first-order valence-electron chi connectivity index (χ1n) is 6.08. The molecule has 0 saturated carbocycles. The van der Waals surface area contributed by atoms with Gasteiger partial charge in [-0.1, -0.05) is 18.2 Å². The predicted octanol–water partition coefficient (Wildman–Crippen LogP) is 3.63. The van der Waals surface area contributed by atoms with Gasteiger partial charge in [-0.15, -0.1) is 0 Å². The van der Waals surface area contributed by atoms with Gasteiger partial charge >= 0.3 is 0 Å². The molecular formula is C15H17FN2. The predicted molar refractivity (Wildman–Crippen MR) is 70.6 cm³/mol. The summed E-state index contributed by atoms with van der Waals surface area (Å²) >= 11 is 0. The quantitative estimate of drug-likeness (QED) is 0.888. The molecule has 0 saturated heterocycles. The zero-order valence-electron chi connectivity index (χ0n) is 10.6. The smallest absolute Gasteiger partial charge is 0.123 e. The Bertz CT molecular complexity index is 499. The monoisotopic (exact) mass is 244 g/mol. The van der Waals surface area contributed by atoms with E-state index in [1.807, 2.05) is 31.3 Å². The lowest BCUT2D eigenvalue weighted by Crippen LogP contribution is -2.22. The second-order valence-electron chi connectivity index (χ2n) is 4.45. The number of pyridine rings is 1. The summed E-state index contributed by atoms with van der Waals surface area (Å²) < 4.78 is 13.2. The number of benzene rings is 1. The number of hydrogen-bond acceptors (Lipinski definition) is 2. The second kappa shape index (κ2) is 5.74. The molecule has 1 N–H and O–H groups in total. The van der Waals surface area contributed by atoms with E-state index in [-0.39, 0.29) is 17.9 Å². The van der Waals surface area contributed by atoms with Crippen LogP contribution in [0.4, 0.5) is 4.39 Å². The van der Waals surface area contributed by atoms with Crippen LogP contribution in [0.25, 0.3) is 0 Å². The fourth-order valence-corrected chi connectivity index (χ4v) is 1.98. The number of hydrogen-bond donors (Lipinski definition) is 1. The molecular weight excluding hydrogens is 227 g/mol. The standard InChI is InChI=1S/C15H17FN2/c1-11(13-5-3-7-15(16)9-13)18-12(2)14-6-4-8-17-10-14/h3-12,18H,1-2H3/t11?,12-/m0/s1. The van der Waals surface area contributed by atoms with Gasteiger partial charge in [0.1, 0.15) is 5.82 Å². The van der Waals surface area contributed by atoms with E-state index < -0.39 is 0 Å². The van der Waals surface area contributed by atoms with Crippen LogP contribution in [0.5, 0.6) is 0 Å². The Morgan fingerprint density at radius 2 is 1.78 bits per heavy atom. The summed E-state index contributed by atoms with van der Waals surface area (Å²) in [5.41, 5.74) is 2.08. The van der Waals surface area contributed by atoms with Crippen LogP contribution in [0, 0.1) is 5.82 Å². The van der Waals surface area contributed by atoms with E-state index in [4.69, 9.17) is 0 Å². The maximum absolute atomic E-state index is 13.2. The van der Waals surface area contributed by atoms with E-state index in [0.29, 0.717) is 0 Å². The summed E-state index contributed by atoms with van der Waals surface area (Å²) in [4.78, 5) is 4.10. The van der Waals surface area contributed by atoms with Crippen molar-refractivity contribution in [1.82, 2.24) is 10.3 Å². The van der Waals surface area contributed by atoms with Gasteiger partial charge in [0.05, 0.1) is 0 Å². The van der Waals surface area contributed by atoms with Crippen molar-refractivity contribution in [1.29, 1.82) is 0 Å². The second-order valence-corrected chi connectivity index (χ2v) is 4.45. The Morgan fingerprint density at radius 3 is 2.44 bits per heavy atom. The summed E-state index contributed by atoms with van der Waals surface area (Å²) in [5.74, 6) is -0.199. The molecule has 2 atom stereocenters. The van der Waals surface area contributed by atoms with E-state index >= 15 is 0 Å². The minimum Gasteiger partial charge on any atom is -0.304 e. The van der Waals surface area contributed by atoms with Crippen molar-refractivity contribution >= 4 is 0 Å². The van der Waals surface area contributed by atoms with Crippen LogP contribution in [0.3, 0.4) is 0 Å². The molecule has 1 aromatic carbocycles. The highest BCUT2D eigenvalue weighted by atomic mass is 19.1. The molecule has 0 radical (unpaired) electrons. The molecule has 2 aromatic rings. The van der Waals surface area contributed by atoms with Gasteiger partial charge in [-0.2, -0.15) is 0 Å². The Labute approximate surface area is 107 Å². The molecule has 0 fully saturated rings. The lowest BCUT2D eigenvalue weighted by atomic mass is 10.1. The van der Waals surface area contributed by atoms with Crippen molar-refractivity contribution in [3.63, 3.8) is 0 Å². The molecule has 0 aliphatic heterocycles. The highest BCUT2D eigenvalue weighted by Crippen LogP contribution is 2.19. The average molecular weight is 244 g/mol. The van der Waals surface area contributed by atoms with Crippen molar-refractivity contribution in [2.45, 2.75) is 25.9 Å². The van der Waals surface area contributed by atoms with Crippen molar-refractivity contribution in [2.24, 2.45) is 0 Å². The molecule has 0 amide bonds. The largest absolute Gasteiger partial charge is 0.304 e. The van der Waals surface area contributed by atoms with Crippen molar-refractivity contribution in [2.75, 3.05) is 0 Å². The maximum Gasteiger partial charge on any atom is 0.123 e. The Kier molecular flexibility index (Phi) is 4.05. The van der Waals surface area contributed by atoms with Gasteiger partial charge in [-0.05, 0) is 43.2 Å². The third-order valence-corrected chi connectivity index (χ3v) is 3.03. The van der Waals surface area contributed by atoms with Gasteiger partial charge in [0, 0.05) is 24.5 Å². The highest BCUT2D eigenvalue weighted by molar-refractivity contribution is 5.21. The fraction of sp³-hybridized carbons (Fsp3) is 0.267. The molecule has 0 aliphatic rings. The van der Waals surface area contributed by atoms with Gasteiger partial charge in [-0.25, -0.2) is 4.39 Å². The van der Waals surface area contributed by atoms with E-state index in [0.717, 1.165) is 11.1 Å². The number of rotatable bonds is 4.